The Balaban J connectivity index is 3.55. The molecular weight excluding hydrogens is 234 g/mol. The molecule has 0 amide bonds. The smallest absolute Gasteiger partial charge is 0.358 e. The lowest BCUT2D eigenvalue weighted by molar-refractivity contribution is -0.142. The van der Waals surface area contributed by atoms with Crippen molar-refractivity contribution in [2.45, 2.75) is 23.6 Å². The van der Waals surface area contributed by atoms with E-state index in [1.54, 1.807) is 0 Å². The number of esters is 1. The zero-order valence-corrected chi connectivity index (χ0v) is 9.49. The van der Waals surface area contributed by atoms with Crippen molar-refractivity contribution in [1.29, 1.82) is 0 Å². The highest BCUT2D eigenvalue weighted by molar-refractivity contribution is 6.75. The van der Waals surface area contributed by atoms with Gasteiger partial charge in [-0.15, -0.1) is 0 Å². The quantitative estimate of drug-likeness (QED) is 0.329. The van der Waals surface area contributed by atoms with E-state index in [-0.39, 0.29) is 6.61 Å². The average Bonchev–Trinajstić information content (AvgIpc) is 2.02. The van der Waals surface area contributed by atoms with E-state index in [0.29, 0.717) is 6.42 Å². The first-order chi connectivity index (χ1) is 5.98. The van der Waals surface area contributed by atoms with Gasteiger partial charge in [0.05, 0.1) is 6.61 Å². The SMILES string of the molecule is CC/C=C/CCOC(=O)C(Cl)(Cl)Cl. The molecule has 0 heterocycles. The van der Waals surface area contributed by atoms with Crippen LogP contribution in [0.5, 0.6) is 0 Å². The highest BCUT2D eigenvalue weighted by Gasteiger charge is 2.32. The van der Waals surface area contributed by atoms with Gasteiger partial charge in [0.1, 0.15) is 0 Å². The van der Waals surface area contributed by atoms with Gasteiger partial charge in [-0.1, -0.05) is 53.9 Å². The van der Waals surface area contributed by atoms with Gasteiger partial charge < -0.3 is 4.74 Å². The molecule has 0 aliphatic heterocycles. The van der Waals surface area contributed by atoms with Crippen molar-refractivity contribution in [3.8, 4) is 0 Å². The zero-order valence-electron chi connectivity index (χ0n) is 7.23. The molecule has 0 unspecified atom stereocenters. The first-order valence-electron chi connectivity index (χ1n) is 3.87. The first kappa shape index (κ1) is 13.1. The maximum Gasteiger partial charge on any atom is 0.358 e. The normalized spacial score (nSPS) is 12.0. The fourth-order valence-electron chi connectivity index (χ4n) is 0.586. The third kappa shape index (κ3) is 7.17. The lowest BCUT2D eigenvalue weighted by Gasteiger charge is -2.09. The van der Waals surface area contributed by atoms with Crippen LogP contribution in [0.15, 0.2) is 12.2 Å². The number of halogens is 3. The van der Waals surface area contributed by atoms with Crippen LogP contribution in [-0.4, -0.2) is 16.4 Å². The average molecular weight is 246 g/mol. The van der Waals surface area contributed by atoms with E-state index in [0.717, 1.165) is 6.42 Å². The Kier molecular flexibility index (Phi) is 6.56. The molecule has 0 aromatic carbocycles. The second-order valence-corrected chi connectivity index (χ2v) is 4.58. The van der Waals surface area contributed by atoms with E-state index in [1.807, 2.05) is 19.1 Å². The molecular formula is C8H11Cl3O2. The van der Waals surface area contributed by atoms with Crippen LogP contribution in [0.25, 0.3) is 0 Å². The van der Waals surface area contributed by atoms with Gasteiger partial charge in [-0.25, -0.2) is 4.79 Å². The lowest BCUT2D eigenvalue weighted by atomic mass is 10.3. The molecule has 0 saturated carbocycles. The minimum atomic E-state index is -1.96. The first-order valence-corrected chi connectivity index (χ1v) is 5.00. The van der Waals surface area contributed by atoms with Crippen molar-refractivity contribution in [2.24, 2.45) is 0 Å². The maximum atomic E-state index is 10.9. The highest BCUT2D eigenvalue weighted by atomic mass is 35.6. The number of hydrogen-bond donors (Lipinski definition) is 0. The fraction of sp³-hybridized carbons (Fsp3) is 0.625. The summed E-state index contributed by atoms with van der Waals surface area (Å²) in [6, 6.07) is 0. The number of alkyl halides is 3. The Morgan fingerprint density at radius 2 is 2.00 bits per heavy atom. The third-order valence-electron chi connectivity index (χ3n) is 1.15. The van der Waals surface area contributed by atoms with E-state index in [4.69, 9.17) is 34.8 Å². The summed E-state index contributed by atoms with van der Waals surface area (Å²) in [6.45, 7) is 2.26. The zero-order chi connectivity index (χ0) is 10.3. The van der Waals surface area contributed by atoms with Gasteiger partial charge in [-0.3, -0.25) is 0 Å². The van der Waals surface area contributed by atoms with Crippen LogP contribution in [0.3, 0.4) is 0 Å². The third-order valence-corrected chi connectivity index (χ3v) is 1.61. The van der Waals surface area contributed by atoms with Gasteiger partial charge >= 0.3 is 5.97 Å². The predicted molar refractivity (Wildman–Crippen MR) is 55.3 cm³/mol. The maximum absolute atomic E-state index is 10.9. The fourth-order valence-corrected chi connectivity index (χ4v) is 0.750. The summed E-state index contributed by atoms with van der Waals surface area (Å²) in [5.41, 5.74) is 0. The van der Waals surface area contributed by atoms with Crippen LogP contribution in [0.1, 0.15) is 19.8 Å². The Bertz CT molecular complexity index is 184. The molecule has 0 aliphatic carbocycles. The molecule has 0 saturated heterocycles. The van der Waals surface area contributed by atoms with E-state index < -0.39 is 9.76 Å². The largest absolute Gasteiger partial charge is 0.462 e. The minimum Gasteiger partial charge on any atom is -0.462 e. The van der Waals surface area contributed by atoms with Crippen LogP contribution in [0.2, 0.25) is 0 Å². The molecule has 2 nitrogen and oxygen atoms in total. The van der Waals surface area contributed by atoms with Crippen molar-refractivity contribution in [2.75, 3.05) is 6.61 Å². The molecule has 0 atom stereocenters. The van der Waals surface area contributed by atoms with E-state index >= 15 is 0 Å². The molecule has 0 radical (unpaired) electrons. The molecule has 0 spiro atoms. The second kappa shape index (κ2) is 6.52. The topological polar surface area (TPSA) is 26.3 Å². The van der Waals surface area contributed by atoms with Crippen LogP contribution >= 0.6 is 34.8 Å². The van der Waals surface area contributed by atoms with Crippen molar-refractivity contribution in [1.82, 2.24) is 0 Å². The van der Waals surface area contributed by atoms with Gasteiger partial charge in [-0.2, -0.15) is 0 Å². The number of carbonyl (C=O) groups excluding carboxylic acids is 1. The highest BCUT2D eigenvalue weighted by Crippen LogP contribution is 2.27. The van der Waals surface area contributed by atoms with Crippen molar-refractivity contribution < 1.29 is 9.53 Å². The van der Waals surface area contributed by atoms with Crippen LogP contribution in [0, 0.1) is 0 Å². The molecule has 0 fully saturated rings. The number of hydrogen-bond acceptors (Lipinski definition) is 2. The number of carbonyl (C=O) groups is 1. The van der Waals surface area contributed by atoms with Gasteiger partial charge in [0.15, 0.2) is 0 Å². The van der Waals surface area contributed by atoms with Gasteiger partial charge in [-0.05, 0) is 12.8 Å². The van der Waals surface area contributed by atoms with Crippen molar-refractivity contribution >= 4 is 40.8 Å². The molecule has 76 valence electrons. The van der Waals surface area contributed by atoms with Crippen LogP contribution in [-0.2, 0) is 9.53 Å². The molecule has 0 aromatic heterocycles. The molecule has 5 heteroatoms. The van der Waals surface area contributed by atoms with Gasteiger partial charge in [0.2, 0.25) is 0 Å². The molecule has 0 bridgehead atoms. The van der Waals surface area contributed by atoms with Crippen molar-refractivity contribution in [3.63, 3.8) is 0 Å². The minimum absolute atomic E-state index is 0.239. The van der Waals surface area contributed by atoms with Crippen molar-refractivity contribution in [3.05, 3.63) is 12.2 Å². The van der Waals surface area contributed by atoms with Crippen LogP contribution < -0.4 is 0 Å². The van der Waals surface area contributed by atoms with Gasteiger partial charge in [0, 0.05) is 0 Å². The summed E-state index contributed by atoms with van der Waals surface area (Å²) in [6.07, 6.45) is 5.48. The Morgan fingerprint density at radius 1 is 1.38 bits per heavy atom. The molecule has 0 aromatic rings. The molecule has 0 rings (SSSR count). The summed E-state index contributed by atoms with van der Waals surface area (Å²) >= 11 is 15.8. The lowest BCUT2D eigenvalue weighted by Crippen LogP contribution is -2.22. The standard InChI is InChI=1S/C8H11Cl3O2/c1-2-3-4-5-6-13-7(12)8(9,10)11/h3-4H,2,5-6H2,1H3/b4-3+. The summed E-state index contributed by atoms with van der Waals surface area (Å²) in [5, 5.41) is 0. The summed E-state index contributed by atoms with van der Waals surface area (Å²) in [4.78, 5) is 10.9. The molecule has 0 N–H and O–H groups in total. The number of allylic oxidation sites excluding steroid dienone is 1. The summed E-state index contributed by atoms with van der Waals surface area (Å²) < 4.78 is 2.70. The molecule has 0 aliphatic rings. The second-order valence-electron chi connectivity index (χ2n) is 2.30. The van der Waals surface area contributed by atoms with Gasteiger partial charge in [0.25, 0.3) is 3.79 Å². The van der Waals surface area contributed by atoms with E-state index in [2.05, 4.69) is 4.74 Å². The Morgan fingerprint density at radius 3 is 2.46 bits per heavy atom. The monoisotopic (exact) mass is 244 g/mol. The Hall–Kier alpha value is 0.0800. The number of rotatable bonds is 4. The number of ether oxygens (including phenoxy) is 1. The summed E-state index contributed by atoms with van der Waals surface area (Å²) in [7, 11) is 0. The van der Waals surface area contributed by atoms with Crippen LogP contribution in [0.4, 0.5) is 0 Å². The Labute approximate surface area is 92.8 Å². The summed E-state index contributed by atoms with van der Waals surface area (Å²) in [5.74, 6) is -0.831. The molecule has 13 heavy (non-hydrogen) atoms. The van der Waals surface area contributed by atoms with E-state index in [1.165, 1.54) is 0 Å². The van der Waals surface area contributed by atoms with E-state index in [9.17, 15) is 4.79 Å². The predicted octanol–water partition coefficient (Wildman–Crippen LogP) is 3.26.